The number of hydrogen-bond acceptors (Lipinski definition) is 3. The first kappa shape index (κ1) is 15.8. The topological polar surface area (TPSA) is 49.9 Å². The van der Waals surface area contributed by atoms with E-state index in [0.29, 0.717) is 13.0 Å². The summed E-state index contributed by atoms with van der Waals surface area (Å²) in [4.78, 5) is 28.3. The molecule has 2 heterocycles. The minimum absolute atomic E-state index is 0.0549. The standard InChI is InChI=1S/C18H24N2O3/c1-23-15-7-5-6-14(12-15)16-9-11-20(16)18(22)13-19-10-4-2-3-8-17(19)21/h5-7,12,16H,2-4,8-11,13H2,1H3. The molecule has 23 heavy (non-hydrogen) atoms. The minimum Gasteiger partial charge on any atom is -0.497 e. The first-order valence-electron chi connectivity index (χ1n) is 8.40. The van der Waals surface area contributed by atoms with Gasteiger partial charge in [-0.3, -0.25) is 9.59 Å². The van der Waals surface area contributed by atoms with E-state index in [2.05, 4.69) is 0 Å². The molecule has 2 aliphatic rings. The Hall–Kier alpha value is -2.04. The summed E-state index contributed by atoms with van der Waals surface area (Å²) in [6.45, 7) is 1.70. The fourth-order valence-corrected chi connectivity index (χ4v) is 3.34. The predicted molar refractivity (Wildman–Crippen MR) is 87.1 cm³/mol. The molecule has 0 saturated carbocycles. The fourth-order valence-electron chi connectivity index (χ4n) is 3.34. The van der Waals surface area contributed by atoms with Crippen LogP contribution in [-0.4, -0.2) is 48.4 Å². The van der Waals surface area contributed by atoms with Gasteiger partial charge in [-0.1, -0.05) is 18.6 Å². The second kappa shape index (κ2) is 7.02. The van der Waals surface area contributed by atoms with Crippen molar-refractivity contribution in [3.8, 4) is 5.75 Å². The van der Waals surface area contributed by atoms with Crippen LogP contribution >= 0.6 is 0 Å². The average molecular weight is 316 g/mol. The van der Waals surface area contributed by atoms with Crippen LogP contribution in [0.3, 0.4) is 0 Å². The molecule has 0 aliphatic carbocycles. The number of rotatable bonds is 4. The Morgan fingerprint density at radius 1 is 1.26 bits per heavy atom. The van der Waals surface area contributed by atoms with Crippen molar-refractivity contribution in [3.05, 3.63) is 29.8 Å². The number of benzene rings is 1. The minimum atomic E-state index is 0.0549. The number of carbonyl (C=O) groups is 2. The Balaban J connectivity index is 1.64. The third-order valence-corrected chi connectivity index (χ3v) is 4.82. The van der Waals surface area contributed by atoms with Crippen LogP contribution in [-0.2, 0) is 9.59 Å². The van der Waals surface area contributed by atoms with E-state index in [1.54, 1.807) is 12.0 Å². The van der Waals surface area contributed by atoms with E-state index >= 15 is 0 Å². The SMILES string of the molecule is COc1cccc(C2CCN2C(=O)CN2CCCCCC2=O)c1. The van der Waals surface area contributed by atoms with Crippen molar-refractivity contribution in [3.63, 3.8) is 0 Å². The molecule has 3 rings (SSSR count). The van der Waals surface area contributed by atoms with E-state index in [-0.39, 0.29) is 24.4 Å². The highest BCUT2D eigenvalue weighted by Crippen LogP contribution is 2.34. The predicted octanol–water partition coefficient (Wildman–Crippen LogP) is 2.37. The third kappa shape index (κ3) is 3.49. The van der Waals surface area contributed by atoms with Crippen LogP contribution in [0.1, 0.15) is 43.7 Å². The molecule has 2 aliphatic heterocycles. The maximum Gasteiger partial charge on any atom is 0.242 e. The van der Waals surface area contributed by atoms with Gasteiger partial charge in [0, 0.05) is 19.5 Å². The number of nitrogens with zero attached hydrogens (tertiary/aromatic N) is 2. The number of methoxy groups -OCH3 is 1. The molecule has 1 unspecified atom stereocenters. The lowest BCUT2D eigenvalue weighted by molar-refractivity contribution is -0.145. The number of likely N-dealkylation sites (tertiary alicyclic amines) is 2. The van der Waals surface area contributed by atoms with Crippen molar-refractivity contribution in [2.24, 2.45) is 0 Å². The molecular formula is C18H24N2O3. The molecule has 1 aromatic carbocycles. The molecule has 124 valence electrons. The largest absolute Gasteiger partial charge is 0.497 e. The molecule has 0 bridgehead atoms. The maximum absolute atomic E-state index is 12.6. The van der Waals surface area contributed by atoms with Crippen molar-refractivity contribution in [2.45, 2.75) is 38.1 Å². The Morgan fingerprint density at radius 2 is 2.13 bits per heavy atom. The molecular weight excluding hydrogens is 292 g/mol. The van der Waals surface area contributed by atoms with Gasteiger partial charge < -0.3 is 14.5 Å². The fraction of sp³-hybridized carbons (Fsp3) is 0.556. The molecule has 5 nitrogen and oxygen atoms in total. The van der Waals surface area contributed by atoms with E-state index < -0.39 is 0 Å². The van der Waals surface area contributed by atoms with Gasteiger partial charge in [-0.2, -0.15) is 0 Å². The van der Waals surface area contributed by atoms with Crippen LogP contribution in [0.15, 0.2) is 24.3 Å². The smallest absolute Gasteiger partial charge is 0.242 e. The van der Waals surface area contributed by atoms with Gasteiger partial charge in [0.1, 0.15) is 5.75 Å². The van der Waals surface area contributed by atoms with Crippen LogP contribution in [0.4, 0.5) is 0 Å². The van der Waals surface area contributed by atoms with Crippen LogP contribution in [0.25, 0.3) is 0 Å². The summed E-state index contributed by atoms with van der Waals surface area (Å²) >= 11 is 0. The van der Waals surface area contributed by atoms with Gasteiger partial charge in [-0.05, 0) is 37.0 Å². The highest BCUT2D eigenvalue weighted by molar-refractivity contribution is 5.85. The zero-order chi connectivity index (χ0) is 16.2. The normalized spacial score (nSPS) is 21.6. The van der Waals surface area contributed by atoms with Gasteiger partial charge in [-0.15, -0.1) is 0 Å². The second-order valence-electron chi connectivity index (χ2n) is 6.29. The van der Waals surface area contributed by atoms with Crippen molar-refractivity contribution in [2.75, 3.05) is 26.7 Å². The monoisotopic (exact) mass is 316 g/mol. The average Bonchev–Trinajstić information content (AvgIpc) is 2.71. The molecule has 1 atom stereocenters. The number of carbonyl (C=O) groups excluding carboxylic acids is 2. The van der Waals surface area contributed by atoms with E-state index in [9.17, 15) is 9.59 Å². The molecule has 5 heteroatoms. The van der Waals surface area contributed by atoms with Gasteiger partial charge in [0.25, 0.3) is 0 Å². The van der Waals surface area contributed by atoms with Crippen molar-refractivity contribution in [1.29, 1.82) is 0 Å². The number of amides is 2. The summed E-state index contributed by atoms with van der Waals surface area (Å²) in [6.07, 6.45) is 4.56. The zero-order valence-electron chi connectivity index (χ0n) is 13.7. The number of ether oxygens (including phenoxy) is 1. The summed E-state index contributed by atoms with van der Waals surface area (Å²) in [7, 11) is 1.65. The van der Waals surface area contributed by atoms with E-state index in [4.69, 9.17) is 4.74 Å². The first-order valence-corrected chi connectivity index (χ1v) is 8.40. The first-order chi connectivity index (χ1) is 11.2. The molecule has 2 saturated heterocycles. The van der Waals surface area contributed by atoms with Crippen molar-refractivity contribution < 1.29 is 14.3 Å². The lowest BCUT2D eigenvalue weighted by atomic mass is 9.94. The van der Waals surface area contributed by atoms with Crippen LogP contribution in [0.2, 0.25) is 0 Å². The van der Waals surface area contributed by atoms with Crippen molar-refractivity contribution >= 4 is 11.8 Å². The lowest BCUT2D eigenvalue weighted by Crippen LogP contribution is -2.50. The van der Waals surface area contributed by atoms with E-state index in [0.717, 1.165) is 43.5 Å². The summed E-state index contributed by atoms with van der Waals surface area (Å²) < 4.78 is 5.26. The summed E-state index contributed by atoms with van der Waals surface area (Å²) in [5.41, 5.74) is 1.10. The Kier molecular flexibility index (Phi) is 4.84. The highest BCUT2D eigenvalue weighted by atomic mass is 16.5. The Bertz CT molecular complexity index is 587. The van der Waals surface area contributed by atoms with Gasteiger partial charge in [0.15, 0.2) is 0 Å². The highest BCUT2D eigenvalue weighted by Gasteiger charge is 2.34. The zero-order valence-corrected chi connectivity index (χ0v) is 13.7. The van der Waals surface area contributed by atoms with Gasteiger partial charge in [-0.25, -0.2) is 0 Å². The summed E-state index contributed by atoms with van der Waals surface area (Å²) in [5, 5.41) is 0. The Labute approximate surface area is 137 Å². The van der Waals surface area contributed by atoms with Gasteiger partial charge in [0.05, 0.1) is 19.7 Å². The lowest BCUT2D eigenvalue weighted by Gasteiger charge is -2.42. The van der Waals surface area contributed by atoms with E-state index in [1.165, 1.54) is 0 Å². The second-order valence-corrected chi connectivity index (χ2v) is 6.29. The van der Waals surface area contributed by atoms with Gasteiger partial charge in [0.2, 0.25) is 11.8 Å². The van der Waals surface area contributed by atoms with Gasteiger partial charge >= 0.3 is 0 Å². The Morgan fingerprint density at radius 3 is 2.87 bits per heavy atom. The third-order valence-electron chi connectivity index (χ3n) is 4.82. The molecule has 1 aromatic rings. The van der Waals surface area contributed by atoms with Crippen LogP contribution in [0.5, 0.6) is 5.75 Å². The number of hydrogen-bond donors (Lipinski definition) is 0. The quantitative estimate of drug-likeness (QED) is 0.857. The molecule has 0 N–H and O–H groups in total. The molecule has 0 spiro atoms. The molecule has 2 fully saturated rings. The van der Waals surface area contributed by atoms with Crippen LogP contribution < -0.4 is 4.74 Å². The summed E-state index contributed by atoms with van der Waals surface area (Å²) in [6, 6.07) is 7.99. The molecule has 2 amide bonds. The molecule has 0 radical (unpaired) electrons. The summed E-state index contributed by atoms with van der Waals surface area (Å²) in [5.74, 6) is 0.984. The van der Waals surface area contributed by atoms with Crippen molar-refractivity contribution in [1.82, 2.24) is 9.80 Å². The maximum atomic E-state index is 12.6. The molecule has 0 aromatic heterocycles. The van der Waals surface area contributed by atoms with Crippen LogP contribution in [0, 0.1) is 0 Å². The van der Waals surface area contributed by atoms with E-state index in [1.807, 2.05) is 29.2 Å².